The van der Waals surface area contributed by atoms with Crippen LogP contribution in [0, 0.1) is 17.8 Å². The number of nitrogens with zero attached hydrogens (tertiary/aromatic N) is 1. The van der Waals surface area contributed by atoms with Gasteiger partial charge < -0.3 is 10.0 Å². The number of carbonyl (C=O) groups excluding carboxylic acids is 1. The molecule has 1 N–H and O–H groups in total. The Hall–Kier alpha value is -0.570. The van der Waals surface area contributed by atoms with Crippen molar-refractivity contribution < 1.29 is 9.90 Å². The predicted molar refractivity (Wildman–Crippen MR) is 74.6 cm³/mol. The molecule has 0 aromatic heterocycles. The first-order chi connectivity index (χ1) is 9.11. The van der Waals surface area contributed by atoms with Gasteiger partial charge in [0.25, 0.3) is 0 Å². The molecule has 3 rings (SSSR count). The standard InChI is InChI=1S/C16H27NO2/c1-2-16(19)10-17(11-16)15(18)14-8-7-12-5-3-4-6-13(12)9-14/h12-14,19H,2-11H2,1H3. The Kier molecular flexibility index (Phi) is 3.59. The normalized spacial score (nSPS) is 37.4. The van der Waals surface area contributed by atoms with Crippen LogP contribution in [-0.2, 0) is 4.79 Å². The fourth-order valence-corrected chi connectivity index (χ4v) is 4.40. The van der Waals surface area contributed by atoms with Gasteiger partial charge in [0.15, 0.2) is 0 Å². The topological polar surface area (TPSA) is 40.5 Å². The van der Waals surface area contributed by atoms with Gasteiger partial charge in [0, 0.05) is 5.92 Å². The lowest BCUT2D eigenvalue weighted by atomic mass is 9.67. The third-order valence-electron chi connectivity index (χ3n) is 5.83. The Labute approximate surface area is 116 Å². The van der Waals surface area contributed by atoms with Crippen molar-refractivity contribution in [2.75, 3.05) is 13.1 Å². The van der Waals surface area contributed by atoms with Crippen molar-refractivity contribution in [1.29, 1.82) is 0 Å². The van der Waals surface area contributed by atoms with E-state index in [4.69, 9.17) is 0 Å². The molecule has 1 aliphatic heterocycles. The third-order valence-corrected chi connectivity index (χ3v) is 5.83. The van der Waals surface area contributed by atoms with Gasteiger partial charge >= 0.3 is 0 Å². The number of rotatable bonds is 2. The predicted octanol–water partition coefficient (Wildman–Crippen LogP) is 2.58. The highest BCUT2D eigenvalue weighted by Gasteiger charge is 2.45. The lowest BCUT2D eigenvalue weighted by Crippen LogP contribution is -2.64. The fraction of sp³-hybridized carbons (Fsp3) is 0.938. The van der Waals surface area contributed by atoms with Crippen molar-refractivity contribution in [2.45, 2.75) is 63.9 Å². The second kappa shape index (κ2) is 5.08. The number of fused-ring (bicyclic) bond motifs is 1. The fourth-order valence-electron chi connectivity index (χ4n) is 4.40. The molecule has 0 aromatic rings. The van der Waals surface area contributed by atoms with Gasteiger partial charge in [0.1, 0.15) is 0 Å². The Morgan fingerprint density at radius 1 is 1.16 bits per heavy atom. The molecule has 1 heterocycles. The molecular weight excluding hydrogens is 238 g/mol. The van der Waals surface area contributed by atoms with Crippen LogP contribution in [0.25, 0.3) is 0 Å². The summed E-state index contributed by atoms with van der Waals surface area (Å²) in [5.74, 6) is 2.28. The molecule has 3 atom stereocenters. The number of amides is 1. The van der Waals surface area contributed by atoms with Crippen LogP contribution in [0.3, 0.4) is 0 Å². The molecule has 1 amide bonds. The number of hydrogen-bond acceptors (Lipinski definition) is 2. The molecule has 2 saturated carbocycles. The molecule has 108 valence electrons. The van der Waals surface area contributed by atoms with Gasteiger partial charge in [-0.1, -0.05) is 32.6 Å². The van der Waals surface area contributed by atoms with E-state index in [1.807, 2.05) is 11.8 Å². The molecule has 19 heavy (non-hydrogen) atoms. The second-order valence-corrected chi connectivity index (χ2v) is 7.09. The maximum absolute atomic E-state index is 12.5. The van der Waals surface area contributed by atoms with E-state index in [-0.39, 0.29) is 5.92 Å². The summed E-state index contributed by atoms with van der Waals surface area (Å²) in [5.41, 5.74) is -0.586. The van der Waals surface area contributed by atoms with Gasteiger partial charge in [-0.15, -0.1) is 0 Å². The summed E-state index contributed by atoms with van der Waals surface area (Å²) in [6, 6.07) is 0. The number of β-amino-alcohol motifs (C(OH)–C–C–N with tert-alkyl or cyclic N) is 1. The van der Waals surface area contributed by atoms with Crippen molar-refractivity contribution in [3.63, 3.8) is 0 Å². The maximum Gasteiger partial charge on any atom is 0.225 e. The first kappa shape index (κ1) is 13.4. The lowest BCUT2D eigenvalue weighted by molar-refractivity contribution is -0.162. The Bertz CT molecular complexity index is 349. The first-order valence-electron chi connectivity index (χ1n) is 8.12. The van der Waals surface area contributed by atoms with Crippen LogP contribution in [0.1, 0.15) is 58.3 Å². The van der Waals surface area contributed by atoms with Gasteiger partial charge in [0.05, 0.1) is 18.7 Å². The molecule has 0 bridgehead atoms. The highest BCUT2D eigenvalue weighted by Crippen LogP contribution is 2.43. The molecule has 3 fully saturated rings. The zero-order valence-corrected chi connectivity index (χ0v) is 12.1. The summed E-state index contributed by atoms with van der Waals surface area (Å²) in [6.07, 6.45) is 9.71. The molecule has 2 aliphatic carbocycles. The molecule has 3 unspecified atom stereocenters. The van der Waals surface area contributed by atoms with E-state index in [9.17, 15) is 9.90 Å². The lowest BCUT2D eigenvalue weighted by Gasteiger charge is -2.48. The van der Waals surface area contributed by atoms with E-state index in [1.54, 1.807) is 0 Å². The Morgan fingerprint density at radius 2 is 1.84 bits per heavy atom. The van der Waals surface area contributed by atoms with Crippen LogP contribution in [-0.4, -0.2) is 34.6 Å². The highest BCUT2D eigenvalue weighted by molar-refractivity contribution is 5.80. The summed E-state index contributed by atoms with van der Waals surface area (Å²) < 4.78 is 0. The molecule has 1 saturated heterocycles. The molecular formula is C16H27NO2. The summed E-state index contributed by atoms with van der Waals surface area (Å²) in [5, 5.41) is 10.0. The molecule has 0 aromatic carbocycles. The van der Waals surface area contributed by atoms with E-state index < -0.39 is 5.60 Å². The average molecular weight is 265 g/mol. The molecule has 3 aliphatic rings. The van der Waals surface area contributed by atoms with Crippen molar-refractivity contribution in [1.82, 2.24) is 4.90 Å². The van der Waals surface area contributed by atoms with Gasteiger partial charge in [-0.25, -0.2) is 0 Å². The van der Waals surface area contributed by atoms with E-state index >= 15 is 0 Å². The highest BCUT2D eigenvalue weighted by atomic mass is 16.3. The zero-order chi connectivity index (χ0) is 13.5. The van der Waals surface area contributed by atoms with Gasteiger partial charge in [-0.05, 0) is 37.5 Å². The van der Waals surface area contributed by atoms with Crippen molar-refractivity contribution >= 4 is 5.91 Å². The van der Waals surface area contributed by atoms with Crippen LogP contribution >= 0.6 is 0 Å². The van der Waals surface area contributed by atoms with Crippen LogP contribution in [0.15, 0.2) is 0 Å². The van der Waals surface area contributed by atoms with Crippen LogP contribution in [0.5, 0.6) is 0 Å². The van der Waals surface area contributed by atoms with Crippen molar-refractivity contribution in [3.8, 4) is 0 Å². The van der Waals surface area contributed by atoms with E-state index in [0.717, 1.165) is 31.1 Å². The largest absolute Gasteiger partial charge is 0.386 e. The smallest absolute Gasteiger partial charge is 0.225 e. The second-order valence-electron chi connectivity index (χ2n) is 7.09. The summed E-state index contributed by atoms with van der Waals surface area (Å²) in [4.78, 5) is 14.4. The summed E-state index contributed by atoms with van der Waals surface area (Å²) >= 11 is 0. The van der Waals surface area contributed by atoms with Crippen LogP contribution < -0.4 is 0 Å². The SMILES string of the molecule is CCC1(O)CN(C(=O)C2CCC3CCCCC3C2)C1. The number of hydrogen-bond donors (Lipinski definition) is 1. The molecule has 0 spiro atoms. The molecule has 3 nitrogen and oxygen atoms in total. The monoisotopic (exact) mass is 265 g/mol. The Morgan fingerprint density at radius 3 is 2.53 bits per heavy atom. The number of aliphatic hydroxyl groups is 1. The molecule has 3 heteroatoms. The minimum absolute atomic E-state index is 0.251. The van der Waals surface area contributed by atoms with Gasteiger partial charge in [-0.3, -0.25) is 4.79 Å². The van der Waals surface area contributed by atoms with Gasteiger partial charge in [-0.2, -0.15) is 0 Å². The van der Waals surface area contributed by atoms with Crippen molar-refractivity contribution in [3.05, 3.63) is 0 Å². The average Bonchev–Trinajstić information content (AvgIpc) is 2.42. The van der Waals surface area contributed by atoms with Crippen LogP contribution in [0.4, 0.5) is 0 Å². The summed E-state index contributed by atoms with van der Waals surface area (Å²) in [6.45, 7) is 3.12. The minimum atomic E-state index is -0.586. The zero-order valence-electron chi connectivity index (χ0n) is 12.1. The minimum Gasteiger partial charge on any atom is -0.386 e. The number of likely N-dealkylation sites (tertiary alicyclic amines) is 1. The first-order valence-corrected chi connectivity index (χ1v) is 8.12. The van der Waals surface area contributed by atoms with Gasteiger partial charge in [0.2, 0.25) is 5.91 Å². The summed E-state index contributed by atoms with van der Waals surface area (Å²) in [7, 11) is 0. The number of carbonyl (C=O) groups is 1. The maximum atomic E-state index is 12.5. The quantitative estimate of drug-likeness (QED) is 0.833. The third kappa shape index (κ3) is 2.54. The van der Waals surface area contributed by atoms with Crippen molar-refractivity contribution in [2.24, 2.45) is 17.8 Å². The molecule has 0 radical (unpaired) electrons. The Balaban J connectivity index is 1.54. The van der Waals surface area contributed by atoms with E-state index in [1.165, 1.54) is 32.1 Å². The van der Waals surface area contributed by atoms with E-state index in [2.05, 4.69) is 0 Å². The van der Waals surface area contributed by atoms with E-state index in [0.29, 0.717) is 19.0 Å². The van der Waals surface area contributed by atoms with Crippen LogP contribution in [0.2, 0.25) is 0 Å².